The van der Waals surface area contributed by atoms with Gasteiger partial charge < -0.3 is 5.32 Å². The molecule has 218 valence electrons. The zero-order chi connectivity index (χ0) is 29.4. The van der Waals surface area contributed by atoms with Gasteiger partial charge in [0.2, 0.25) is 10.0 Å². The molecule has 1 fully saturated rings. The van der Waals surface area contributed by atoms with Gasteiger partial charge in [-0.1, -0.05) is 49.6 Å². The first-order valence-electron chi connectivity index (χ1n) is 12.9. The second-order valence-corrected chi connectivity index (χ2v) is 12.6. The van der Waals surface area contributed by atoms with Crippen LogP contribution in [0.2, 0.25) is 0 Å². The minimum absolute atomic E-state index is 0.214. The third-order valence-electron chi connectivity index (χ3n) is 7.04. The minimum atomic E-state index is -4.74. The molecule has 0 unspecified atom stereocenters. The SMILES string of the molecule is C[C@H](NS(=O)(=O)c1ccc(-c2sc(C(=O)NCCc3n[nH]c(=O)[nH]3)nc2CC2CCC2)c2ccccc12)C(F)(F)F. The monoisotopic (exact) mass is 608 g/mol. The van der Waals surface area contributed by atoms with Gasteiger partial charge in [-0.25, -0.2) is 23.3 Å². The lowest BCUT2D eigenvalue weighted by Crippen LogP contribution is -2.43. The quantitative estimate of drug-likeness (QED) is 0.214. The van der Waals surface area contributed by atoms with Gasteiger partial charge in [-0.05, 0) is 30.7 Å². The van der Waals surface area contributed by atoms with Crippen molar-refractivity contribution in [3.8, 4) is 10.4 Å². The molecule has 4 N–H and O–H groups in total. The number of hydrogen-bond donors (Lipinski definition) is 4. The molecule has 1 aliphatic rings. The molecule has 1 atom stereocenters. The van der Waals surface area contributed by atoms with E-state index in [4.69, 9.17) is 0 Å². The van der Waals surface area contributed by atoms with Crippen LogP contribution in [0.15, 0.2) is 46.1 Å². The van der Waals surface area contributed by atoms with E-state index < -0.39 is 33.8 Å². The first-order chi connectivity index (χ1) is 19.4. The van der Waals surface area contributed by atoms with Gasteiger partial charge >= 0.3 is 11.9 Å². The predicted molar refractivity (Wildman–Crippen MR) is 147 cm³/mol. The van der Waals surface area contributed by atoms with E-state index in [0.717, 1.165) is 26.2 Å². The molecule has 10 nitrogen and oxygen atoms in total. The van der Waals surface area contributed by atoms with E-state index in [1.54, 1.807) is 35.1 Å². The van der Waals surface area contributed by atoms with E-state index in [9.17, 15) is 31.2 Å². The highest BCUT2D eigenvalue weighted by molar-refractivity contribution is 7.89. The molecule has 4 aromatic rings. The standard InChI is InChI=1S/C26H27F3N6O4S2/c1-14(26(27,28)29)35-41(38,39)20-10-9-18(16-7-2-3-8-17(16)20)22-19(13-15-5-4-6-15)31-24(40-22)23(36)30-12-11-21-32-25(37)34-33-21/h2-3,7-10,14-15,35H,4-6,11-13H2,1H3,(H,30,36)(H2,32,33,34,37)/t14-/m0/s1. The average molecular weight is 609 g/mol. The Hall–Kier alpha value is -3.56. The Labute approximate surface area is 236 Å². The summed E-state index contributed by atoms with van der Waals surface area (Å²) in [5, 5.41) is 9.86. The van der Waals surface area contributed by atoms with E-state index in [1.807, 2.05) is 0 Å². The highest BCUT2D eigenvalue weighted by atomic mass is 32.2. The lowest BCUT2D eigenvalue weighted by atomic mass is 9.81. The van der Waals surface area contributed by atoms with Crippen LogP contribution in [0.1, 0.15) is 47.5 Å². The van der Waals surface area contributed by atoms with Gasteiger partial charge in [0.1, 0.15) is 11.9 Å². The molecular weight excluding hydrogens is 581 g/mol. The largest absolute Gasteiger partial charge is 0.404 e. The van der Waals surface area contributed by atoms with E-state index in [1.165, 1.54) is 17.4 Å². The van der Waals surface area contributed by atoms with Gasteiger partial charge in [-0.3, -0.25) is 9.78 Å². The Morgan fingerprint density at radius 2 is 1.90 bits per heavy atom. The van der Waals surface area contributed by atoms with Crippen LogP contribution in [0.4, 0.5) is 13.2 Å². The molecule has 5 rings (SSSR count). The highest BCUT2D eigenvalue weighted by Gasteiger charge is 2.39. The number of amides is 1. The number of carbonyl (C=O) groups excluding carboxylic acids is 1. The molecule has 1 saturated carbocycles. The summed E-state index contributed by atoms with van der Waals surface area (Å²) in [5.41, 5.74) is 0.919. The van der Waals surface area contributed by atoms with E-state index in [-0.39, 0.29) is 21.8 Å². The molecule has 2 aromatic carbocycles. The number of rotatable bonds is 10. The van der Waals surface area contributed by atoms with Crippen molar-refractivity contribution < 1.29 is 26.4 Å². The van der Waals surface area contributed by atoms with Crippen LogP contribution in [0.5, 0.6) is 0 Å². The first-order valence-corrected chi connectivity index (χ1v) is 15.2. The summed E-state index contributed by atoms with van der Waals surface area (Å²) in [7, 11) is -4.51. The number of sulfonamides is 1. The van der Waals surface area contributed by atoms with Gasteiger partial charge in [0, 0.05) is 23.9 Å². The summed E-state index contributed by atoms with van der Waals surface area (Å²) >= 11 is 1.17. The molecule has 0 bridgehead atoms. The summed E-state index contributed by atoms with van der Waals surface area (Å²) in [5.74, 6) is 0.423. The number of hydrogen-bond acceptors (Lipinski definition) is 7. The van der Waals surface area contributed by atoms with Crippen LogP contribution in [-0.4, -0.2) is 53.3 Å². The van der Waals surface area contributed by atoms with Crippen LogP contribution in [0, 0.1) is 5.92 Å². The summed E-state index contributed by atoms with van der Waals surface area (Å²) in [4.78, 5) is 31.8. The fraction of sp³-hybridized carbons (Fsp3) is 0.385. The molecule has 41 heavy (non-hydrogen) atoms. The molecule has 1 amide bonds. The van der Waals surface area contributed by atoms with E-state index in [0.29, 0.717) is 46.1 Å². The maximum atomic E-state index is 13.1. The van der Waals surface area contributed by atoms with Crippen molar-refractivity contribution in [2.24, 2.45) is 5.92 Å². The predicted octanol–water partition coefficient (Wildman–Crippen LogP) is 3.92. The molecule has 15 heteroatoms. The number of aromatic nitrogens is 4. The summed E-state index contributed by atoms with van der Waals surface area (Å²) in [6, 6.07) is 7.16. The van der Waals surface area contributed by atoms with Gasteiger partial charge in [-0.2, -0.15) is 23.0 Å². The molecule has 0 spiro atoms. The second-order valence-electron chi connectivity index (χ2n) is 9.97. The van der Waals surface area contributed by atoms with Gasteiger partial charge in [0.05, 0.1) is 15.5 Å². The third kappa shape index (κ3) is 6.36. The number of fused-ring (bicyclic) bond motifs is 1. The molecular formula is C26H27F3N6O4S2. The number of nitrogens with one attached hydrogen (secondary N) is 4. The van der Waals surface area contributed by atoms with Crippen LogP contribution in [-0.2, 0) is 22.9 Å². The van der Waals surface area contributed by atoms with Gasteiger partial charge in [0.25, 0.3) is 5.91 Å². The molecule has 0 saturated heterocycles. The Bertz CT molecular complexity index is 1740. The van der Waals surface area contributed by atoms with Crippen LogP contribution in [0.3, 0.4) is 0 Å². The summed E-state index contributed by atoms with van der Waals surface area (Å²) < 4.78 is 67.1. The average Bonchev–Trinajstić information content (AvgIpc) is 3.50. The number of nitrogens with zero attached hydrogens (tertiary/aromatic N) is 2. The van der Waals surface area contributed by atoms with E-state index in [2.05, 4.69) is 25.5 Å². The van der Waals surface area contributed by atoms with Crippen molar-refractivity contribution in [1.82, 2.24) is 30.2 Å². The molecule has 2 heterocycles. The Morgan fingerprint density at radius 3 is 2.54 bits per heavy atom. The van der Waals surface area contributed by atoms with Crippen molar-refractivity contribution in [1.29, 1.82) is 0 Å². The van der Waals surface area contributed by atoms with Gasteiger partial charge in [-0.15, -0.1) is 11.3 Å². The Morgan fingerprint density at radius 1 is 1.17 bits per heavy atom. The van der Waals surface area contributed by atoms with Crippen molar-refractivity contribution in [2.45, 2.75) is 56.1 Å². The van der Waals surface area contributed by atoms with Crippen LogP contribution >= 0.6 is 11.3 Å². The molecule has 0 radical (unpaired) electrons. The maximum Gasteiger partial charge on any atom is 0.404 e. The van der Waals surface area contributed by atoms with Gasteiger partial charge in [0.15, 0.2) is 5.01 Å². The number of halogens is 3. The Kier molecular flexibility index (Phi) is 8.03. The smallest absolute Gasteiger partial charge is 0.350 e. The first kappa shape index (κ1) is 29.0. The number of carbonyl (C=O) groups is 1. The zero-order valence-electron chi connectivity index (χ0n) is 21.8. The lowest BCUT2D eigenvalue weighted by Gasteiger charge is -2.24. The molecule has 2 aromatic heterocycles. The maximum absolute atomic E-state index is 13.1. The fourth-order valence-corrected chi connectivity index (χ4v) is 7.12. The van der Waals surface area contributed by atoms with Crippen molar-refractivity contribution >= 4 is 38.0 Å². The van der Waals surface area contributed by atoms with Crippen molar-refractivity contribution in [3.63, 3.8) is 0 Å². The van der Waals surface area contributed by atoms with Crippen LogP contribution in [0.25, 0.3) is 21.2 Å². The van der Waals surface area contributed by atoms with Crippen LogP contribution < -0.4 is 15.7 Å². The topological polar surface area (TPSA) is 150 Å². The zero-order valence-corrected chi connectivity index (χ0v) is 23.5. The fourth-order valence-electron chi connectivity index (χ4n) is 4.63. The Balaban J connectivity index is 1.49. The number of thiazole rings is 1. The molecule has 0 aliphatic heterocycles. The minimum Gasteiger partial charge on any atom is -0.350 e. The third-order valence-corrected chi connectivity index (χ3v) is 9.77. The number of H-pyrrole nitrogens is 2. The lowest BCUT2D eigenvalue weighted by molar-refractivity contribution is -0.147. The van der Waals surface area contributed by atoms with E-state index >= 15 is 0 Å². The highest BCUT2D eigenvalue weighted by Crippen LogP contribution is 2.40. The molecule has 1 aliphatic carbocycles. The number of aromatic amines is 2. The normalized spacial score (nSPS) is 15.1. The summed E-state index contributed by atoms with van der Waals surface area (Å²) in [6.45, 7) is 0.963. The summed E-state index contributed by atoms with van der Waals surface area (Å²) in [6.07, 6.45) is -0.589. The van der Waals surface area contributed by atoms with Crippen molar-refractivity contribution in [3.05, 3.63) is 63.4 Å². The van der Waals surface area contributed by atoms with Crippen molar-refractivity contribution in [2.75, 3.05) is 6.54 Å². The number of alkyl halides is 3. The second kappa shape index (κ2) is 11.4. The number of benzene rings is 2.